The van der Waals surface area contributed by atoms with Crippen molar-refractivity contribution >= 4 is 54.8 Å². The number of hydrogen-bond donors (Lipinski definition) is 1. The summed E-state index contributed by atoms with van der Waals surface area (Å²) in [6.45, 7) is 0. The van der Waals surface area contributed by atoms with Gasteiger partial charge in [0.1, 0.15) is 10.2 Å². The first-order valence-electron chi connectivity index (χ1n) is 4.64. The van der Waals surface area contributed by atoms with Crippen molar-refractivity contribution in [3.05, 3.63) is 53.8 Å². The highest BCUT2D eigenvalue weighted by molar-refractivity contribution is 9.10. The Balaban J connectivity index is 2.39. The Bertz CT molecular complexity index is 539. The van der Waals surface area contributed by atoms with Gasteiger partial charge < -0.3 is 5.73 Å². The van der Waals surface area contributed by atoms with Crippen LogP contribution in [0.5, 0.6) is 0 Å². The molecule has 0 radical (unpaired) electrons. The molecule has 6 heteroatoms. The van der Waals surface area contributed by atoms with Crippen molar-refractivity contribution in [3.8, 4) is 0 Å². The first-order valence-corrected chi connectivity index (χ1v) is 7.42. The first-order chi connectivity index (χ1) is 7.99. The van der Waals surface area contributed by atoms with Crippen LogP contribution in [0.25, 0.3) is 0 Å². The van der Waals surface area contributed by atoms with Crippen LogP contribution < -0.4 is 5.73 Å². The maximum absolute atomic E-state index is 13.0. The lowest BCUT2D eigenvalue weighted by Crippen LogP contribution is -2.10. The fourth-order valence-electron chi connectivity index (χ4n) is 1.42. The summed E-state index contributed by atoms with van der Waals surface area (Å²) < 4.78 is 15.1. The number of rotatable bonds is 2. The molecule has 1 heterocycles. The topological polar surface area (TPSA) is 26.0 Å². The van der Waals surface area contributed by atoms with Crippen molar-refractivity contribution in [2.24, 2.45) is 5.73 Å². The molecule has 1 atom stereocenters. The second-order valence-electron chi connectivity index (χ2n) is 3.41. The summed E-state index contributed by atoms with van der Waals surface area (Å²) in [4.78, 5) is 0.925. The monoisotopic (exact) mass is 397 g/mol. The second kappa shape index (κ2) is 5.36. The van der Waals surface area contributed by atoms with Gasteiger partial charge in [-0.25, -0.2) is 4.39 Å². The molecule has 0 spiro atoms. The Labute approximate surface area is 124 Å². The van der Waals surface area contributed by atoms with Crippen molar-refractivity contribution < 1.29 is 4.39 Å². The molecule has 0 aliphatic rings. The zero-order chi connectivity index (χ0) is 12.6. The van der Waals surface area contributed by atoms with E-state index in [0.29, 0.717) is 8.81 Å². The van der Waals surface area contributed by atoms with Gasteiger partial charge in [-0.1, -0.05) is 33.6 Å². The van der Waals surface area contributed by atoms with Crippen LogP contribution in [0.4, 0.5) is 4.39 Å². The fraction of sp³-hybridized carbons (Fsp3) is 0.0909. The van der Waals surface area contributed by atoms with E-state index in [1.165, 1.54) is 23.5 Å². The van der Waals surface area contributed by atoms with Gasteiger partial charge in [0.05, 0.1) is 6.04 Å². The summed E-state index contributed by atoms with van der Waals surface area (Å²) in [5.74, 6) is -0.293. The summed E-state index contributed by atoms with van der Waals surface area (Å²) >= 11 is 14.0. The average Bonchev–Trinajstić information content (AvgIpc) is 2.58. The van der Waals surface area contributed by atoms with Gasteiger partial charge in [-0.15, -0.1) is 11.3 Å². The fourth-order valence-corrected chi connectivity index (χ4v) is 3.78. The van der Waals surface area contributed by atoms with Gasteiger partial charge in [-0.3, -0.25) is 0 Å². The van der Waals surface area contributed by atoms with Gasteiger partial charge in [0.25, 0.3) is 0 Å². The molecule has 0 bridgehead atoms. The van der Waals surface area contributed by atoms with E-state index < -0.39 is 0 Å². The SMILES string of the molecule is NC(c1cc(Br)c(Cl)s1)c1ccc(F)cc1Br. The normalized spacial score (nSPS) is 12.8. The molecule has 1 unspecified atom stereocenters. The van der Waals surface area contributed by atoms with Crippen LogP contribution in [-0.2, 0) is 0 Å². The van der Waals surface area contributed by atoms with Crippen molar-refractivity contribution in [2.45, 2.75) is 6.04 Å². The lowest BCUT2D eigenvalue weighted by Gasteiger charge is -2.11. The largest absolute Gasteiger partial charge is 0.320 e. The van der Waals surface area contributed by atoms with E-state index in [9.17, 15) is 4.39 Å². The summed E-state index contributed by atoms with van der Waals surface area (Å²) in [5, 5.41) is 0. The number of benzene rings is 1. The summed E-state index contributed by atoms with van der Waals surface area (Å²) in [7, 11) is 0. The van der Waals surface area contributed by atoms with E-state index in [4.69, 9.17) is 17.3 Å². The Morgan fingerprint density at radius 1 is 1.24 bits per heavy atom. The van der Waals surface area contributed by atoms with E-state index in [1.807, 2.05) is 6.07 Å². The van der Waals surface area contributed by atoms with Crippen LogP contribution in [0.2, 0.25) is 4.34 Å². The standard InChI is InChI=1S/C11H7Br2ClFNS/c12-7-3-5(15)1-2-6(7)10(16)9-4-8(13)11(14)17-9/h1-4,10H,16H2. The molecule has 0 saturated heterocycles. The van der Waals surface area contributed by atoms with Crippen LogP contribution >= 0.6 is 54.8 Å². The molecule has 0 fully saturated rings. The van der Waals surface area contributed by atoms with E-state index in [-0.39, 0.29) is 11.9 Å². The minimum atomic E-state index is -0.321. The van der Waals surface area contributed by atoms with Crippen LogP contribution in [0.3, 0.4) is 0 Å². The molecule has 1 aromatic carbocycles. The third-order valence-corrected chi connectivity index (χ3v) is 5.51. The number of hydrogen-bond acceptors (Lipinski definition) is 2. The molecule has 2 rings (SSSR count). The van der Waals surface area contributed by atoms with Gasteiger partial charge in [0.2, 0.25) is 0 Å². The molecule has 17 heavy (non-hydrogen) atoms. The zero-order valence-electron chi connectivity index (χ0n) is 8.38. The predicted octanol–water partition coefficient (Wildman–Crippen LogP) is 5.11. The zero-order valence-corrected chi connectivity index (χ0v) is 13.1. The molecular weight excluding hydrogens is 392 g/mol. The lowest BCUT2D eigenvalue weighted by molar-refractivity contribution is 0.625. The summed E-state index contributed by atoms with van der Waals surface area (Å²) in [6.07, 6.45) is 0. The third-order valence-electron chi connectivity index (χ3n) is 2.27. The molecule has 0 aliphatic carbocycles. The highest BCUT2D eigenvalue weighted by Crippen LogP contribution is 2.37. The Hall–Kier alpha value is 0.0600. The highest BCUT2D eigenvalue weighted by Gasteiger charge is 2.16. The van der Waals surface area contributed by atoms with Gasteiger partial charge in [-0.2, -0.15) is 0 Å². The van der Waals surface area contributed by atoms with Crippen LogP contribution in [0.15, 0.2) is 33.2 Å². The van der Waals surface area contributed by atoms with Gasteiger partial charge in [0, 0.05) is 13.8 Å². The van der Waals surface area contributed by atoms with E-state index in [2.05, 4.69) is 31.9 Å². The maximum Gasteiger partial charge on any atom is 0.124 e. The predicted molar refractivity (Wildman–Crippen MR) is 77.2 cm³/mol. The van der Waals surface area contributed by atoms with Crippen LogP contribution in [-0.4, -0.2) is 0 Å². The minimum absolute atomic E-state index is 0.293. The lowest BCUT2D eigenvalue weighted by atomic mass is 10.1. The molecule has 2 aromatic rings. The summed E-state index contributed by atoms with van der Waals surface area (Å²) in [6, 6.07) is 6.03. The maximum atomic E-state index is 13.0. The van der Waals surface area contributed by atoms with Gasteiger partial charge in [-0.05, 0) is 39.7 Å². The van der Waals surface area contributed by atoms with Crippen LogP contribution in [0.1, 0.15) is 16.5 Å². The number of halogens is 4. The molecule has 0 saturated carbocycles. The molecule has 1 aromatic heterocycles. The molecule has 1 nitrogen and oxygen atoms in total. The Morgan fingerprint density at radius 3 is 2.47 bits per heavy atom. The van der Waals surface area contributed by atoms with Gasteiger partial charge >= 0.3 is 0 Å². The van der Waals surface area contributed by atoms with Crippen molar-refractivity contribution in [2.75, 3.05) is 0 Å². The molecular formula is C11H7Br2ClFNS. The smallest absolute Gasteiger partial charge is 0.124 e. The molecule has 90 valence electrons. The molecule has 0 aliphatic heterocycles. The average molecular weight is 400 g/mol. The van der Waals surface area contributed by atoms with E-state index >= 15 is 0 Å². The Kier molecular flexibility index (Phi) is 4.26. The van der Waals surface area contributed by atoms with Crippen molar-refractivity contribution in [3.63, 3.8) is 0 Å². The highest BCUT2D eigenvalue weighted by atomic mass is 79.9. The quantitative estimate of drug-likeness (QED) is 0.746. The third kappa shape index (κ3) is 2.90. The van der Waals surface area contributed by atoms with E-state index in [0.717, 1.165) is 14.9 Å². The molecule has 0 amide bonds. The minimum Gasteiger partial charge on any atom is -0.320 e. The number of nitrogens with two attached hydrogens (primary N) is 1. The van der Waals surface area contributed by atoms with Crippen molar-refractivity contribution in [1.82, 2.24) is 0 Å². The van der Waals surface area contributed by atoms with Gasteiger partial charge in [0.15, 0.2) is 0 Å². The Morgan fingerprint density at radius 2 is 1.94 bits per heavy atom. The molecule has 2 N–H and O–H groups in total. The summed E-state index contributed by atoms with van der Waals surface area (Å²) in [5.41, 5.74) is 6.96. The van der Waals surface area contributed by atoms with Crippen molar-refractivity contribution in [1.29, 1.82) is 0 Å². The second-order valence-corrected chi connectivity index (χ2v) is 6.81. The van der Waals surface area contributed by atoms with Crippen LogP contribution in [0, 0.1) is 5.82 Å². The number of thiophene rings is 1. The van der Waals surface area contributed by atoms with E-state index in [1.54, 1.807) is 6.07 Å². The first kappa shape index (κ1) is 13.5.